The largest absolute Gasteiger partial charge is 0.481 e. The lowest BCUT2D eigenvalue weighted by molar-refractivity contribution is -0.141. The Bertz CT molecular complexity index is 431. The van der Waals surface area contributed by atoms with Crippen molar-refractivity contribution in [3.05, 3.63) is 0 Å². The van der Waals surface area contributed by atoms with Gasteiger partial charge >= 0.3 is 12.1 Å². The van der Waals surface area contributed by atoms with Gasteiger partial charge in [0.05, 0.1) is 12.0 Å². The number of carboxylic acid groups (broad SMARTS) is 1. The maximum absolute atomic E-state index is 12.0. The van der Waals surface area contributed by atoms with E-state index < -0.39 is 17.1 Å². The van der Waals surface area contributed by atoms with Gasteiger partial charge in [0.25, 0.3) is 0 Å². The second-order valence-electron chi connectivity index (χ2n) is 7.73. The van der Waals surface area contributed by atoms with E-state index in [0.717, 1.165) is 12.8 Å². The Morgan fingerprint density at radius 2 is 1.86 bits per heavy atom. The maximum Gasteiger partial charge on any atom is 0.410 e. The highest BCUT2D eigenvalue weighted by molar-refractivity contribution is 5.73. The third kappa shape index (κ3) is 3.87. The Labute approximate surface area is 125 Å². The molecule has 2 N–H and O–H groups in total. The summed E-state index contributed by atoms with van der Waals surface area (Å²) in [7, 11) is 0. The number of rotatable bonds is 4. The summed E-state index contributed by atoms with van der Waals surface area (Å²) in [6, 6.07) is 0. The van der Waals surface area contributed by atoms with Gasteiger partial charge in [0.1, 0.15) is 5.60 Å². The molecular weight excluding hydrogens is 272 g/mol. The number of hydrogen-bond acceptors (Lipinski definition) is 4. The molecule has 2 fully saturated rings. The Hall–Kier alpha value is -1.30. The fourth-order valence-electron chi connectivity index (χ4n) is 3.14. The number of ether oxygens (including phenoxy) is 1. The third-order valence-corrected chi connectivity index (χ3v) is 4.15. The number of carboxylic acids is 1. The molecule has 0 aromatic heterocycles. The van der Waals surface area contributed by atoms with Crippen LogP contribution in [0.1, 0.15) is 53.4 Å². The zero-order valence-corrected chi connectivity index (χ0v) is 13.4. The van der Waals surface area contributed by atoms with Crippen molar-refractivity contribution < 1.29 is 19.4 Å². The molecule has 0 unspecified atom stereocenters. The van der Waals surface area contributed by atoms with E-state index in [1.807, 2.05) is 20.8 Å². The Morgan fingerprint density at radius 1 is 1.29 bits per heavy atom. The summed E-state index contributed by atoms with van der Waals surface area (Å²) in [6.45, 7) is 8.37. The predicted molar refractivity (Wildman–Crippen MR) is 78.2 cm³/mol. The Kier molecular flexibility index (Phi) is 3.95. The van der Waals surface area contributed by atoms with Crippen molar-refractivity contribution in [2.45, 2.75) is 70.1 Å². The molecule has 1 amide bonds. The number of nitrogens with one attached hydrogen (secondary N) is 1. The molecular formula is C15H26N2O4. The first-order chi connectivity index (χ1) is 9.53. The van der Waals surface area contributed by atoms with Crippen LogP contribution in [0.4, 0.5) is 4.79 Å². The van der Waals surface area contributed by atoms with Gasteiger partial charge in [-0.15, -0.1) is 0 Å². The van der Waals surface area contributed by atoms with Crippen LogP contribution in [0.5, 0.6) is 0 Å². The zero-order valence-electron chi connectivity index (χ0n) is 13.4. The summed E-state index contributed by atoms with van der Waals surface area (Å²) in [6.07, 6.45) is 2.94. The number of nitrogens with zero attached hydrogens (tertiary/aromatic N) is 1. The molecule has 1 saturated heterocycles. The standard InChI is InChI=1S/C15H26N2O4/c1-13(2,3)21-12(20)17-9-15(10-17,8-11(18)19)16-14(4)6-5-7-14/h16H,5-10H2,1-4H3,(H,18,19). The molecule has 2 rings (SSSR count). The molecule has 1 saturated carbocycles. The first-order valence-electron chi connectivity index (χ1n) is 7.52. The quantitative estimate of drug-likeness (QED) is 0.829. The van der Waals surface area contributed by atoms with Crippen LogP contribution < -0.4 is 5.32 Å². The molecule has 0 bridgehead atoms. The van der Waals surface area contributed by atoms with E-state index in [1.165, 1.54) is 6.42 Å². The van der Waals surface area contributed by atoms with Crippen molar-refractivity contribution in [1.82, 2.24) is 10.2 Å². The van der Waals surface area contributed by atoms with E-state index in [-0.39, 0.29) is 18.1 Å². The van der Waals surface area contributed by atoms with Crippen molar-refractivity contribution in [1.29, 1.82) is 0 Å². The lowest BCUT2D eigenvalue weighted by atomic mass is 9.74. The first-order valence-corrected chi connectivity index (χ1v) is 7.52. The molecule has 2 aliphatic rings. The molecule has 6 nitrogen and oxygen atoms in total. The summed E-state index contributed by atoms with van der Waals surface area (Å²) in [5.41, 5.74) is -1.04. The fraction of sp³-hybridized carbons (Fsp3) is 0.867. The van der Waals surface area contributed by atoms with Crippen molar-refractivity contribution in [3.63, 3.8) is 0 Å². The van der Waals surface area contributed by atoms with Crippen molar-refractivity contribution in [2.24, 2.45) is 0 Å². The van der Waals surface area contributed by atoms with E-state index in [0.29, 0.717) is 13.1 Å². The monoisotopic (exact) mass is 298 g/mol. The van der Waals surface area contributed by atoms with Crippen LogP contribution in [0.2, 0.25) is 0 Å². The molecule has 0 aromatic carbocycles. The second-order valence-corrected chi connectivity index (χ2v) is 7.73. The molecule has 6 heteroatoms. The minimum absolute atomic E-state index is 0.00940. The van der Waals surface area contributed by atoms with Gasteiger partial charge in [-0.1, -0.05) is 0 Å². The van der Waals surface area contributed by atoms with Crippen LogP contribution in [0.15, 0.2) is 0 Å². The number of carbonyl (C=O) groups is 2. The number of amides is 1. The minimum Gasteiger partial charge on any atom is -0.481 e. The highest BCUT2D eigenvalue weighted by Gasteiger charge is 2.51. The van der Waals surface area contributed by atoms with Crippen molar-refractivity contribution in [2.75, 3.05) is 13.1 Å². The van der Waals surface area contributed by atoms with Gasteiger partial charge in [-0.3, -0.25) is 4.79 Å². The molecule has 1 heterocycles. The maximum atomic E-state index is 12.0. The first kappa shape index (κ1) is 16.1. The van der Waals surface area contributed by atoms with E-state index in [4.69, 9.17) is 9.84 Å². The normalized spacial score (nSPS) is 23.0. The molecule has 120 valence electrons. The highest BCUT2D eigenvalue weighted by atomic mass is 16.6. The van der Waals surface area contributed by atoms with E-state index >= 15 is 0 Å². The summed E-state index contributed by atoms with van der Waals surface area (Å²) < 4.78 is 5.32. The average Bonchev–Trinajstić information content (AvgIpc) is 2.19. The third-order valence-electron chi connectivity index (χ3n) is 4.15. The highest BCUT2D eigenvalue weighted by Crippen LogP contribution is 2.37. The molecule has 21 heavy (non-hydrogen) atoms. The summed E-state index contributed by atoms with van der Waals surface area (Å²) in [5, 5.41) is 12.6. The van der Waals surface area contributed by atoms with Gasteiger partial charge in [-0.25, -0.2) is 4.79 Å². The average molecular weight is 298 g/mol. The molecule has 0 atom stereocenters. The number of likely N-dealkylation sites (tertiary alicyclic amines) is 1. The lowest BCUT2D eigenvalue weighted by Crippen LogP contribution is -2.75. The second kappa shape index (κ2) is 5.16. The fourth-order valence-corrected chi connectivity index (χ4v) is 3.14. The van der Waals surface area contributed by atoms with Crippen LogP contribution >= 0.6 is 0 Å². The molecule has 0 radical (unpaired) electrons. The predicted octanol–water partition coefficient (Wildman–Crippen LogP) is 1.98. The van der Waals surface area contributed by atoms with Crippen molar-refractivity contribution >= 4 is 12.1 Å². The SMILES string of the molecule is CC1(NC2(CC(=O)O)CN(C(=O)OC(C)(C)C)C2)CCC1. The number of carbonyl (C=O) groups excluding carboxylic acids is 1. The van der Waals surface area contributed by atoms with E-state index in [1.54, 1.807) is 4.90 Å². The summed E-state index contributed by atoms with van der Waals surface area (Å²) in [5.74, 6) is -0.839. The molecule has 0 aromatic rings. The molecule has 1 aliphatic carbocycles. The molecule has 0 spiro atoms. The number of aliphatic carboxylic acids is 1. The Morgan fingerprint density at radius 3 is 2.24 bits per heavy atom. The lowest BCUT2D eigenvalue weighted by Gasteiger charge is -2.55. The van der Waals surface area contributed by atoms with Crippen LogP contribution in [-0.4, -0.2) is 51.8 Å². The van der Waals surface area contributed by atoms with Gasteiger partial charge in [0.2, 0.25) is 0 Å². The van der Waals surface area contributed by atoms with Gasteiger partial charge in [0, 0.05) is 18.6 Å². The Balaban J connectivity index is 1.96. The summed E-state index contributed by atoms with van der Waals surface area (Å²) >= 11 is 0. The minimum atomic E-state index is -0.839. The van der Waals surface area contributed by atoms with Crippen LogP contribution in [-0.2, 0) is 9.53 Å². The topological polar surface area (TPSA) is 78.9 Å². The summed E-state index contributed by atoms with van der Waals surface area (Å²) in [4.78, 5) is 24.7. The van der Waals surface area contributed by atoms with Crippen molar-refractivity contribution in [3.8, 4) is 0 Å². The van der Waals surface area contributed by atoms with Gasteiger partial charge in [0.15, 0.2) is 0 Å². The van der Waals surface area contributed by atoms with Crippen LogP contribution in [0.25, 0.3) is 0 Å². The van der Waals surface area contributed by atoms with E-state index in [2.05, 4.69) is 12.2 Å². The van der Waals surface area contributed by atoms with Gasteiger partial charge < -0.3 is 20.1 Å². The van der Waals surface area contributed by atoms with Gasteiger partial charge in [-0.2, -0.15) is 0 Å². The van der Waals surface area contributed by atoms with Crippen LogP contribution in [0, 0.1) is 0 Å². The van der Waals surface area contributed by atoms with Crippen LogP contribution in [0.3, 0.4) is 0 Å². The molecule has 1 aliphatic heterocycles. The van der Waals surface area contributed by atoms with Gasteiger partial charge in [-0.05, 0) is 47.0 Å². The number of hydrogen-bond donors (Lipinski definition) is 2. The van der Waals surface area contributed by atoms with E-state index in [9.17, 15) is 9.59 Å². The smallest absolute Gasteiger partial charge is 0.410 e. The zero-order chi connectivity index (χ0) is 15.9.